The van der Waals surface area contributed by atoms with Gasteiger partial charge in [0, 0.05) is 12.5 Å². The van der Waals surface area contributed by atoms with Crippen molar-refractivity contribution in [2.24, 2.45) is 0 Å². The summed E-state index contributed by atoms with van der Waals surface area (Å²) in [5.41, 5.74) is 2.94. The highest BCUT2D eigenvalue weighted by Gasteiger charge is 2.15. The molecular formula is C16H20N2O3S. The maximum absolute atomic E-state index is 12.2. The van der Waals surface area contributed by atoms with Crippen LogP contribution in [0.3, 0.4) is 0 Å². The first kappa shape index (κ1) is 16.6. The fourth-order valence-electron chi connectivity index (χ4n) is 2.08. The zero-order valence-corrected chi connectivity index (χ0v) is 13.5. The molecule has 2 aromatic rings. The summed E-state index contributed by atoms with van der Waals surface area (Å²) in [4.78, 5) is 0. The predicted octanol–water partition coefficient (Wildman–Crippen LogP) is 2.00. The maximum atomic E-state index is 12.2. The molecule has 0 radical (unpaired) electrons. The van der Waals surface area contributed by atoms with Crippen LogP contribution < -0.4 is 0 Å². The van der Waals surface area contributed by atoms with E-state index in [9.17, 15) is 8.42 Å². The molecule has 1 atom stereocenters. The first-order valence-corrected chi connectivity index (χ1v) is 8.91. The Morgan fingerprint density at radius 3 is 2.27 bits per heavy atom. The first-order valence-electron chi connectivity index (χ1n) is 7.09. The Labute approximate surface area is 131 Å². The van der Waals surface area contributed by atoms with E-state index < -0.39 is 9.84 Å². The average Bonchev–Trinajstić information content (AvgIpc) is 2.49. The lowest BCUT2D eigenvalue weighted by atomic mass is 10.0. The lowest BCUT2D eigenvalue weighted by Crippen LogP contribution is -2.09. The third-order valence-corrected chi connectivity index (χ3v) is 4.94. The Kier molecular flexibility index (Phi) is 5.26. The zero-order chi connectivity index (χ0) is 16.2. The van der Waals surface area contributed by atoms with E-state index >= 15 is 0 Å². The standard InChI is InChI=1S/C16H20N2O3S/c1-12(9-19)15-6-4-14(5-7-15)10-22(20,21)11-16-8-3-13(2)17-18-16/h3-8,12,19H,9-11H2,1-2H3. The van der Waals surface area contributed by atoms with Crippen molar-refractivity contribution in [1.82, 2.24) is 10.2 Å². The molecule has 0 saturated carbocycles. The molecule has 0 amide bonds. The van der Waals surface area contributed by atoms with Crippen molar-refractivity contribution in [1.29, 1.82) is 0 Å². The molecule has 5 nitrogen and oxygen atoms in total. The van der Waals surface area contributed by atoms with Crippen LogP contribution in [-0.2, 0) is 21.3 Å². The van der Waals surface area contributed by atoms with Gasteiger partial charge in [0.1, 0.15) is 0 Å². The number of hydrogen-bond acceptors (Lipinski definition) is 5. The van der Waals surface area contributed by atoms with Gasteiger partial charge in [0.15, 0.2) is 9.84 Å². The van der Waals surface area contributed by atoms with E-state index in [2.05, 4.69) is 10.2 Å². The fraction of sp³-hybridized carbons (Fsp3) is 0.375. The number of aliphatic hydroxyl groups is 1. The minimum atomic E-state index is -3.29. The number of sulfone groups is 1. The summed E-state index contributed by atoms with van der Waals surface area (Å²) in [5.74, 6) is -0.0979. The second kappa shape index (κ2) is 6.98. The number of benzene rings is 1. The number of nitrogens with zero attached hydrogens (tertiary/aromatic N) is 2. The Morgan fingerprint density at radius 1 is 1.05 bits per heavy atom. The van der Waals surface area contributed by atoms with E-state index in [-0.39, 0.29) is 24.0 Å². The molecule has 0 aliphatic heterocycles. The van der Waals surface area contributed by atoms with Gasteiger partial charge >= 0.3 is 0 Å². The molecule has 22 heavy (non-hydrogen) atoms. The van der Waals surface area contributed by atoms with Crippen LogP contribution in [0.15, 0.2) is 36.4 Å². The highest BCUT2D eigenvalue weighted by Crippen LogP contribution is 2.17. The second-order valence-corrected chi connectivity index (χ2v) is 7.59. The van der Waals surface area contributed by atoms with Crippen molar-refractivity contribution in [2.45, 2.75) is 31.3 Å². The van der Waals surface area contributed by atoms with Gasteiger partial charge in [-0.2, -0.15) is 10.2 Å². The molecule has 6 heteroatoms. The third kappa shape index (κ3) is 4.61. The minimum Gasteiger partial charge on any atom is -0.396 e. The molecule has 1 aromatic heterocycles. The summed E-state index contributed by atoms with van der Waals surface area (Å²) in [6, 6.07) is 10.7. The van der Waals surface area contributed by atoms with Gasteiger partial charge in [-0.1, -0.05) is 31.2 Å². The van der Waals surface area contributed by atoms with Crippen molar-refractivity contribution in [3.63, 3.8) is 0 Å². The second-order valence-electron chi connectivity index (χ2n) is 5.52. The Balaban J connectivity index is 2.06. The number of aliphatic hydroxyl groups excluding tert-OH is 1. The number of aromatic nitrogens is 2. The topological polar surface area (TPSA) is 80.2 Å². The molecule has 2 rings (SSSR count). The monoisotopic (exact) mass is 320 g/mol. The van der Waals surface area contributed by atoms with E-state index in [1.54, 1.807) is 31.2 Å². The van der Waals surface area contributed by atoms with E-state index in [4.69, 9.17) is 5.11 Å². The Hall–Kier alpha value is -1.79. The van der Waals surface area contributed by atoms with Crippen LogP contribution in [0, 0.1) is 6.92 Å². The first-order chi connectivity index (χ1) is 10.4. The van der Waals surface area contributed by atoms with Gasteiger partial charge in [-0.25, -0.2) is 8.42 Å². The number of hydrogen-bond donors (Lipinski definition) is 1. The molecule has 1 unspecified atom stereocenters. The van der Waals surface area contributed by atoms with Crippen LogP contribution in [-0.4, -0.2) is 30.3 Å². The van der Waals surface area contributed by atoms with Gasteiger partial charge in [0.05, 0.1) is 22.9 Å². The SMILES string of the molecule is Cc1ccc(CS(=O)(=O)Cc2ccc(C(C)CO)cc2)nn1. The normalized spacial score (nSPS) is 13.0. The van der Waals surface area contributed by atoms with Crippen molar-refractivity contribution in [3.05, 3.63) is 58.9 Å². The molecule has 0 aliphatic carbocycles. The molecule has 1 N–H and O–H groups in total. The summed E-state index contributed by atoms with van der Waals surface area (Å²) >= 11 is 0. The van der Waals surface area contributed by atoms with E-state index in [1.165, 1.54) is 0 Å². The van der Waals surface area contributed by atoms with Gasteiger partial charge in [-0.3, -0.25) is 0 Å². The van der Waals surface area contributed by atoms with Gasteiger partial charge in [-0.15, -0.1) is 0 Å². The van der Waals surface area contributed by atoms with Crippen molar-refractivity contribution in [2.75, 3.05) is 6.61 Å². The Morgan fingerprint density at radius 2 is 1.73 bits per heavy atom. The van der Waals surface area contributed by atoms with E-state index in [0.717, 1.165) is 16.8 Å². The van der Waals surface area contributed by atoms with Gasteiger partial charge in [0.2, 0.25) is 0 Å². The molecule has 0 bridgehead atoms. The van der Waals surface area contributed by atoms with Crippen molar-refractivity contribution < 1.29 is 13.5 Å². The van der Waals surface area contributed by atoms with Crippen LogP contribution in [0.4, 0.5) is 0 Å². The smallest absolute Gasteiger partial charge is 0.160 e. The predicted molar refractivity (Wildman–Crippen MR) is 85.0 cm³/mol. The largest absolute Gasteiger partial charge is 0.396 e. The maximum Gasteiger partial charge on any atom is 0.160 e. The molecule has 118 valence electrons. The summed E-state index contributed by atoms with van der Waals surface area (Å²) in [6.45, 7) is 3.80. The summed E-state index contributed by atoms with van der Waals surface area (Å²) in [6.07, 6.45) is 0. The van der Waals surface area contributed by atoms with Crippen LogP contribution in [0.1, 0.15) is 35.4 Å². The van der Waals surface area contributed by atoms with Gasteiger partial charge < -0.3 is 5.11 Å². The summed E-state index contributed by atoms with van der Waals surface area (Å²) < 4.78 is 24.4. The lowest BCUT2D eigenvalue weighted by Gasteiger charge is -2.09. The Bertz CT molecular complexity index is 710. The molecule has 0 spiro atoms. The highest BCUT2D eigenvalue weighted by molar-refractivity contribution is 7.89. The van der Waals surface area contributed by atoms with Crippen LogP contribution >= 0.6 is 0 Å². The molecule has 1 heterocycles. The van der Waals surface area contributed by atoms with Crippen LogP contribution in [0.5, 0.6) is 0 Å². The quantitative estimate of drug-likeness (QED) is 0.880. The zero-order valence-electron chi connectivity index (χ0n) is 12.7. The molecule has 1 aromatic carbocycles. The van der Waals surface area contributed by atoms with Crippen molar-refractivity contribution in [3.8, 4) is 0 Å². The van der Waals surface area contributed by atoms with Crippen molar-refractivity contribution >= 4 is 9.84 Å². The average molecular weight is 320 g/mol. The fourth-order valence-corrected chi connectivity index (χ4v) is 3.49. The highest BCUT2D eigenvalue weighted by atomic mass is 32.2. The summed E-state index contributed by atoms with van der Waals surface area (Å²) in [5, 5.41) is 16.9. The summed E-state index contributed by atoms with van der Waals surface area (Å²) in [7, 11) is -3.29. The van der Waals surface area contributed by atoms with Gasteiger partial charge in [0.25, 0.3) is 0 Å². The molecule has 0 aliphatic rings. The number of rotatable bonds is 6. The van der Waals surface area contributed by atoms with E-state index in [1.807, 2.05) is 19.1 Å². The molecular weight excluding hydrogens is 300 g/mol. The molecule has 0 fully saturated rings. The lowest BCUT2D eigenvalue weighted by molar-refractivity contribution is 0.273. The minimum absolute atomic E-state index is 0.0314. The third-order valence-electron chi connectivity index (χ3n) is 3.43. The van der Waals surface area contributed by atoms with Crippen LogP contribution in [0.2, 0.25) is 0 Å². The van der Waals surface area contributed by atoms with Crippen LogP contribution in [0.25, 0.3) is 0 Å². The van der Waals surface area contributed by atoms with E-state index in [0.29, 0.717) is 5.69 Å². The van der Waals surface area contributed by atoms with Gasteiger partial charge in [-0.05, 0) is 30.2 Å². The molecule has 0 saturated heterocycles. The number of aryl methyl sites for hydroxylation is 1.